The Bertz CT molecular complexity index is 501. The molecule has 25 heavy (non-hydrogen) atoms. The third-order valence-corrected chi connectivity index (χ3v) is 5.49. The Morgan fingerprint density at radius 2 is 1.76 bits per heavy atom. The minimum Gasteiger partial charge on any atom is -0.355 e. The van der Waals surface area contributed by atoms with Gasteiger partial charge in [-0.3, -0.25) is 9.89 Å². The smallest absolute Gasteiger partial charge is 0.191 e. The first kappa shape index (κ1) is 22.6. The molecule has 1 unspecified atom stereocenters. The monoisotopic (exact) mass is 476 g/mol. The lowest BCUT2D eigenvalue weighted by atomic mass is 10.1. The molecule has 0 aliphatic carbocycles. The molecule has 2 N–H and O–H groups in total. The summed E-state index contributed by atoms with van der Waals surface area (Å²) in [4.78, 5) is 6.85. The summed E-state index contributed by atoms with van der Waals surface area (Å²) in [5.74, 6) is 0.869. The Morgan fingerprint density at radius 1 is 1.12 bits per heavy atom. The molecular weight excluding hydrogens is 443 g/mol. The number of halogens is 1. The molecule has 142 valence electrons. The molecule has 1 saturated heterocycles. The highest BCUT2D eigenvalue weighted by Crippen LogP contribution is 2.13. The number of hydrogen-bond donors (Lipinski definition) is 2. The topological polar surface area (TPSA) is 39.7 Å². The summed E-state index contributed by atoms with van der Waals surface area (Å²) in [6.45, 7) is 7.53. The lowest BCUT2D eigenvalue weighted by Gasteiger charge is -2.26. The van der Waals surface area contributed by atoms with Gasteiger partial charge < -0.3 is 10.6 Å². The van der Waals surface area contributed by atoms with Gasteiger partial charge in [0, 0.05) is 31.9 Å². The largest absolute Gasteiger partial charge is 0.355 e. The van der Waals surface area contributed by atoms with E-state index in [0.717, 1.165) is 25.6 Å². The van der Waals surface area contributed by atoms with E-state index in [0.29, 0.717) is 5.25 Å². The van der Waals surface area contributed by atoms with Crippen LogP contribution in [0, 0.1) is 0 Å². The molecule has 1 fully saturated rings. The third kappa shape index (κ3) is 8.64. The van der Waals surface area contributed by atoms with E-state index in [1.165, 1.54) is 43.5 Å². The van der Waals surface area contributed by atoms with E-state index in [1.54, 1.807) is 0 Å². The van der Waals surface area contributed by atoms with Gasteiger partial charge in [0.25, 0.3) is 0 Å². The zero-order valence-corrected chi connectivity index (χ0v) is 18.9. The van der Waals surface area contributed by atoms with Gasteiger partial charge in [-0.1, -0.05) is 37.6 Å². The van der Waals surface area contributed by atoms with E-state index in [1.807, 2.05) is 18.8 Å². The number of hydrogen-bond acceptors (Lipinski definition) is 3. The van der Waals surface area contributed by atoms with Gasteiger partial charge in [-0.15, -0.1) is 24.0 Å². The van der Waals surface area contributed by atoms with Gasteiger partial charge >= 0.3 is 0 Å². The Hall–Kier alpha value is -0.470. The number of guanidine groups is 1. The van der Waals surface area contributed by atoms with Gasteiger partial charge in [-0.25, -0.2) is 0 Å². The molecule has 0 bridgehead atoms. The molecule has 1 aromatic rings. The van der Waals surface area contributed by atoms with Crippen molar-refractivity contribution in [3.63, 3.8) is 0 Å². The fourth-order valence-electron chi connectivity index (χ4n) is 2.87. The molecule has 1 aliphatic heterocycles. The lowest BCUT2D eigenvalue weighted by Crippen LogP contribution is -2.39. The number of nitrogens with one attached hydrogen (secondary N) is 2. The Morgan fingerprint density at radius 3 is 2.36 bits per heavy atom. The first-order chi connectivity index (χ1) is 11.7. The molecule has 0 saturated carbocycles. The summed E-state index contributed by atoms with van der Waals surface area (Å²) in [5.41, 5.74) is 2.70. The zero-order valence-electron chi connectivity index (χ0n) is 15.8. The molecule has 1 atom stereocenters. The molecule has 0 radical (unpaired) electrons. The number of benzene rings is 1. The molecule has 1 aromatic carbocycles. The van der Waals surface area contributed by atoms with Crippen molar-refractivity contribution in [3.05, 3.63) is 35.4 Å². The van der Waals surface area contributed by atoms with Crippen LogP contribution in [0.4, 0.5) is 0 Å². The standard InChI is InChI=1S/C19H32N4S.HI/c1-16(24-3)13-21-19(20-2)22-14-17-7-9-18(10-8-17)15-23-11-5-4-6-12-23;/h7-10,16H,4-6,11-15H2,1-3H3,(H2,20,21,22);1H. The molecule has 0 spiro atoms. The van der Waals surface area contributed by atoms with E-state index in [4.69, 9.17) is 0 Å². The number of rotatable bonds is 7. The first-order valence-corrected chi connectivity index (χ1v) is 10.3. The lowest BCUT2D eigenvalue weighted by molar-refractivity contribution is 0.221. The van der Waals surface area contributed by atoms with Gasteiger partial charge in [-0.2, -0.15) is 11.8 Å². The van der Waals surface area contributed by atoms with Crippen molar-refractivity contribution >= 4 is 41.7 Å². The zero-order chi connectivity index (χ0) is 17.2. The number of aliphatic imine (C=N–C) groups is 1. The van der Waals surface area contributed by atoms with Crippen molar-refractivity contribution in [2.24, 2.45) is 4.99 Å². The SMILES string of the molecule is CN=C(NCc1ccc(CN2CCCCC2)cc1)NCC(C)SC.I. The van der Waals surface area contributed by atoms with Gasteiger partial charge in [0.05, 0.1) is 0 Å². The highest BCUT2D eigenvalue weighted by Gasteiger charge is 2.10. The maximum atomic E-state index is 4.28. The van der Waals surface area contributed by atoms with Crippen LogP contribution < -0.4 is 10.6 Å². The second-order valence-corrected chi connectivity index (χ2v) is 7.78. The second-order valence-electron chi connectivity index (χ2n) is 6.51. The fraction of sp³-hybridized carbons (Fsp3) is 0.632. The van der Waals surface area contributed by atoms with Crippen LogP contribution >= 0.6 is 35.7 Å². The van der Waals surface area contributed by atoms with E-state index < -0.39 is 0 Å². The summed E-state index contributed by atoms with van der Waals surface area (Å²) < 4.78 is 0. The third-order valence-electron chi connectivity index (χ3n) is 4.52. The molecule has 2 rings (SSSR count). The van der Waals surface area contributed by atoms with Crippen molar-refractivity contribution in [2.75, 3.05) is 32.9 Å². The average Bonchev–Trinajstić information content (AvgIpc) is 2.63. The molecular formula is C19H33IN4S. The molecule has 0 amide bonds. The Kier molecular flexibility index (Phi) is 11.6. The molecule has 6 heteroatoms. The number of likely N-dealkylation sites (tertiary alicyclic amines) is 1. The van der Waals surface area contributed by atoms with Crippen molar-refractivity contribution in [1.82, 2.24) is 15.5 Å². The quantitative estimate of drug-likeness (QED) is 0.358. The average molecular weight is 476 g/mol. The number of nitrogens with zero attached hydrogens (tertiary/aromatic N) is 2. The Balaban J connectivity index is 0.00000312. The van der Waals surface area contributed by atoms with Gasteiger partial charge in [-0.05, 0) is 43.3 Å². The van der Waals surface area contributed by atoms with Crippen molar-refractivity contribution in [1.29, 1.82) is 0 Å². The summed E-state index contributed by atoms with van der Waals surface area (Å²) in [6.07, 6.45) is 6.23. The number of piperidine rings is 1. The highest BCUT2D eigenvalue weighted by atomic mass is 127. The van der Waals surface area contributed by atoms with Crippen molar-refractivity contribution < 1.29 is 0 Å². The maximum Gasteiger partial charge on any atom is 0.191 e. The van der Waals surface area contributed by atoms with E-state index in [2.05, 4.69) is 58.0 Å². The van der Waals surface area contributed by atoms with Crippen LogP contribution in [0.1, 0.15) is 37.3 Å². The number of thioether (sulfide) groups is 1. The van der Waals surface area contributed by atoms with Crippen LogP contribution in [0.3, 0.4) is 0 Å². The minimum absolute atomic E-state index is 0. The highest BCUT2D eigenvalue weighted by molar-refractivity contribution is 14.0. The summed E-state index contributed by atoms with van der Waals surface area (Å²) >= 11 is 1.86. The second kappa shape index (κ2) is 12.8. The van der Waals surface area contributed by atoms with Crippen molar-refractivity contribution in [2.45, 2.75) is 44.5 Å². The van der Waals surface area contributed by atoms with Gasteiger partial charge in [0.1, 0.15) is 0 Å². The molecule has 1 heterocycles. The minimum atomic E-state index is 0. The first-order valence-electron chi connectivity index (χ1n) is 8.98. The predicted molar refractivity (Wildman–Crippen MR) is 122 cm³/mol. The normalized spacial score (nSPS) is 16.8. The van der Waals surface area contributed by atoms with Gasteiger partial charge in [0.2, 0.25) is 0 Å². The van der Waals surface area contributed by atoms with Crippen molar-refractivity contribution in [3.8, 4) is 0 Å². The Labute approximate surface area is 174 Å². The predicted octanol–water partition coefficient (Wildman–Crippen LogP) is 3.71. The van der Waals surface area contributed by atoms with E-state index >= 15 is 0 Å². The maximum absolute atomic E-state index is 4.28. The molecule has 1 aliphatic rings. The van der Waals surface area contributed by atoms with Gasteiger partial charge in [0.15, 0.2) is 5.96 Å². The van der Waals surface area contributed by atoms with Crippen LogP contribution in [0.15, 0.2) is 29.3 Å². The van der Waals surface area contributed by atoms with Crippen LogP contribution in [-0.2, 0) is 13.1 Å². The molecule has 4 nitrogen and oxygen atoms in total. The fourth-order valence-corrected chi connectivity index (χ4v) is 3.12. The van der Waals surface area contributed by atoms with E-state index in [9.17, 15) is 0 Å². The van der Waals surface area contributed by atoms with Crippen LogP contribution in [0.25, 0.3) is 0 Å². The van der Waals surface area contributed by atoms with E-state index in [-0.39, 0.29) is 24.0 Å². The summed E-state index contributed by atoms with van der Waals surface area (Å²) in [6, 6.07) is 8.98. The van der Waals surface area contributed by atoms with Crippen LogP contribution in [0.5, 0.6) is 0 Å². The van der Waals surface area contributed by atoms with Crippen LogP contribution in [0.2, 0.25) is 0 Å². The summed E-state index contributed by atoms with van der Waals surface area (Å²) in [7, 11) is 1.82. The summed E-state index contributed by atoms with van der Waals surface area (Å²) in [5, 5.41) is 7.33. The van der Waals surface area contributed by atoms with Crippen LogP contribution in [-0.4, -0.2) is 49.0 Å². The molecule has 0 aromatic heterocycles.